The van der Waals surface area contributed by atoms with Gasteiger partial charge in [0.1, 0.15) is 4.90 Å². The van der Waals surface area contributed by atoms with Gasteiger partial charge in [-0.25, -0.2) is 0 Å². The maximum atomic E-state index is 12.1. The van der Waals surface area contributed by atoms with Gasteiger partial charge in [0.25, 0.3) is 10.1 Å². The van der Waals surface area contributed by atoms with Gasteiger partial charge >= 0.3 is 0 Å². The highest BCUT2D eigenvalue weighted by Crippen LogP contribution is 2.25. The molecule has 0 N–H and O–H groups in total. The van der Waals surface area contributed by atoms with Gasteiger partial charge in [0.05, 0.1) is 6.61 Å². The Morgan fingerprint density at radius 2 is 1.53 bits per heavy atom. The average molecular weight is 256 g/mol. The molecule has 0 amide bonds. The lowest BCUT2D eigenvalue weighted by atomic mass is 10.0. The maximum absolute atomic E-state index is 12.1. The number of aryl methyl sites for hydroxylation is 3. The summed E-state index contributed by atoms with van der Waals surface area (Å²) in [5.74, 6) is 0. The van der Waals surface area contributed by atoms with E-state index in [9.17, 15) is 8.42 Å². The van der Waals surface area contributed by atoms with Crippen LogP contribution in [0.1, 0.15) is 37.5 Å². The Hall–Kier alpha value is -0.870. The van der Waals surface area contributed by atoms with Gasteiger partial charge in [-0.15, -0.1) is 0 Å². The van der Waals surface area contributed by atoms with E-state index < -0.39 is 10.1 Å². The van der Waals surface area contributed by atoms with Crippen LogP contribution in [0.2, 0.25) is 0 Å². The molecule has 0 atom stereocenters. The molecule has 1 aromatic rings. The van der Waals surface area contributed by atoms with E-state index in [1.165, 1.54) is 0 Å². The molecule has 0 aliphatic carbocycles. The third kappa shape index (κ3) is 3.07. The summed E-state index contributed by atoms with van der Waals surface area (Å²) >= 11 is 0. The summed E-state index contributed by atoms with van der Waals surface area (Å²) in [5.41, 5.74) is 2.78. The van der Waals surface area contributed by atoms with E-state index in [0.717, 1.165) is 16.7 Å². The standard InChI is InChI=1S/C13H20O3S/c1-5-11-8-10(4)9-12(6-2)13(11)17(14,15)16-7-3/h8-9H,5-7H2,1-4H3. The predicted octanol–water partition coefficient (Wildman–Crippen LogP) is 2.85. The van der Waals surface area contributed by atoms with Gasteiger partial charge in [-0.2, -0.15) is 8.42 Å². The van der Waals surface area contributed by atoms with Crippen LogP contribution in [0.15, 0.2) is 17.0 Å². The van der Waals surface area contributed by atoms with Crippen LogP contribution in [0.3, 0.4) is 0 Å². The Bertz CT molecular complexity index is 464. The summed E-state index contributed by atoms with van der Waals surface area (Å²) in [4.78, 5) is 0.370. The summed E-state index contributed by atoms with van der Waals surface area (Å²) in [6.07, 6.45) is 1.38. The minimum atomic E-state index is -3.61. The predicted molar refractivity (Wildman–Crippen MR) is 68.7 cm³/mol. The first kappa shape index (κ1) is 14.2. The fraction of sp³-hybridized carbons (Fsp3) is 0.538. The van der Waals surface area contributed by atoms with Crippen molar-refractivity contribution in [3.05, 3.63) is 28.8 Å². The molecule has 0 spiro atoms. The molecule has 0 aliphatic rings. The Balaban J connectivity index is 3.49. The van der Waals surface area contributed by atoms with Crippen LogP contribution in [0.5, 0.6) is 0 Å². The summed E-state index contributed by atoms with van der Waals surface area (Å²) < 4.78 is 29.1. The Morgan fingerprint density at radius 3 is 1.88 bits per heavy atom. The zero-order chi connectivity index (χ0) is 13.1. The van der Waals surface area contributed by atoms with Crippen molar-refractivity contribution in [1.82, 2.24) is 0 Å². The van der Waals surface area contributed by atoms with Crippen molar-refractivity contribution in [3.63, 3.8) is 0 Å². The van der Waals surface area contributed by atoms with Crippen molar-refractivity contribution in [1.29, 1.82) is 0 Å². The third-order valence-corrected chi connectivity index (χ3v) is 4.24. The van der Waals surface area contributed by atoms with Crippen LogP contribution in [0.4, 0.5) is 0 Å². The SMILES string of the molecule is CCOS(=O)(=O)c1c(CC)cc(C)cc1CC. The van der Waals surface area contributed by atoms with Crippen LogP contribution in [-0.4, -0.2) is 15.0 Å². The van der Waals surface area contributed by atoms with E-state index in [-0.39, 0.29) is 6.61 Å². The van der Waals surface area contributed by atoms with Crippen molar-refractivity contribution in [2.45, 2.75) is 45.4 Å². The molecule has 0 bridgehead atoms. The van der Waals surface area contributed by atoms with Crippen molar-refractivity contribution in [2.75, 3.05) is 6.61 Å². The zero-order valence-corrected chi connectivity index (χ0v) is 11.7. The molecular formula is C13H20O3S. The fourth-order valence-electron chi connectivity index (χ4n) is 1.99. The minimum absolute atomic E-state index is 0.169. The highest BCUT2D eigenvalue weighted by Gasteiger charge is 2.22. The van der Waals surface area contributed by atoms with Gasteiger partial charge in [-0.3, -0.25) is 4.18 Å². The second-order valence-corrected chi connectivity index (χ2v) is 5.53. The first-order chi connectivity index (χ1) is 7.96. The molecule has 0 aliphatic heterocycles. The molecule has 0 unspecified atom stereocenters. The van der Waals surface area contributed by atoms with Gasteiger partial charge in [0.2, 0.25) is 0 Å². The molecule has 3 nitrogen and oxygen atoms in total. The molecule has 0 aromatic heterocycles. The van der Waals surface area contributed by atoms with Crippen molar-refractivity contribution < 1.29 is 12.6 Å². The van der Waals surface area contributed by atoms with E-state index in [4.69, 9.17) is 4.18 Å². The molecule has 0 saturated carbocycles. The molecule has 0 radical (unpaired) electrons. The maximum Gasteiger partial charge on any atom is 0.297 e. The van der Waals surface area contributed by atoms with Crippen LogP contribution in [-0.2, 0) is 27.1 Å². The monoisotopic (exact) mass is 256 g/mol. The van der Waals surface area contributed by atoms with E-state index >= 15 is 0 Å². The normalized spacial score (nSPS) is 11.8. The molecule has 4 heteroatoms. The van der Waals surface area contributed by atoms with E-state index in [1.807, 2.05) is 32.9 Å². The van der Waals surface area contributed by atoms with Crippen molar-refractivity contribution >= 4 is 10.1 Å². The molecule has 0 fully saturated rings. The molecule has 1 aromatic carbocycles. The van der Waals surface area contributed by atoms with Crippen LogP contribution < -0.4 is 0 Å². The number of rotatable bonds is 5. The van der Waals surface area contributed by atoms with Gasteiger partial charge in [-0.1, -0.05) is 31.5 Å². The molecule has 96 valence electrons. The zero-order valence-electron chi connectivity index (χ0n) is 10.9. The number of hydrogen-bond acceptors (Lipinski definition) is 3. The highest BCUT2D eigenvalue weighted by molar-refractivity contribution is 7.86. The Kier molecular flexibility index (Phi) is 4.71. The second-order valence-electron chi connectivity index (χ2n) is 3.98. The highest BCUT2D eigenvalue weighted by atomic mass is 32.2. The minimum Gasteiger partial charge on any atom is -0.267 e. The lowest BCUT2D eigenvalue weighted by Gasteiger charge is -2.14. The molecule has 0 saturated heterocycles. The fourth-order valence-corrected chi connectivity index (χ4v) is 3.47. The van der Waals surface area contributed by atoms with E-state index in [0.29, 0.717) is 17.7 Å². The number of hydrogen-bond donors (Lipinski definition) is 0. The second kappa shape index (κ2) is 5.65. The molecule has 0 heterocycles. The Labute approximate surface area is 104 Å². The first-order valence-electron chi connectivity index (χ1n) is 5.98. The quantitative estimate of drug-likeness (QED) is 0.761. The van der Waals surface area contributed by atoms with E-state index in [1.54, 1.807) is 6.92 Å². The number of benzene rings is 1. The van der Waals surface area contributed by atoms with Gasteiger partial charge in [0.15, 0.2) is 0 Å². The van der Waals surface area contributed by atoms with Gasteiger partial charge < -0.3 is 0 Å². The summed E-state index contributed by atoms with van der Waals surface area (Å²) in [6, 6.07) is 3.84. The van der Waals surface area contributed by atoms with Gasteiger partial charge in [0, 0.05) is 0 Å². The summed E-state index contributed by atoms with van der Waals surface area (Å²) in [7, 11) is -3.61. The molecule has 17 heavy (non-hydrogen) atoms. The summed E-state index contributed by atoms with van der Waals surface area (Å²) in [5, 5.41) is 0. The molecular weight excluding hydrogens is 236 g/mol. The van der Waals surface area contributed by atoms with Gasteiger partial charge in [-0.05, 0) is 37.8 Å². The van der Waals surface area contributed by atoms with Crippen LogP contribution in [0.25, 0.3) is 0 Å². The smallest absolute Gasteiger partial charge is 0.267 e. The topological polar surface area (TPSA) is 43.4 Å². The average Bonchev–Trinajstić information content (AvgIpc) is 2.27. The molecule has 1 rings (SSSR count). The van der Waals surface area contributed by atoms with Crippen LogP contribution >= 0.6 is 0 Å². The van der Waals surface area contributed by atoms with E-state index in [2.05, 4.69) is 0 Å². The van der Waals surface area contributed by atoms with Crippen molar-refractivity contribution in [3.8, 4) is 0 Å². The first-order valence-corrected chi connectivity index (χ1v) is 7.38. The summed E-state index contributed by atoms with van der Waals surface area (Å²) in [6.45, 7) is 7.75. The van der Waals surface area contributed by atoms with Crippen LogP contribution in [0, 0.1) is 6.92 Å². The largest absolute Gasteiger partial charge is 0.297 e. The Morgan fingerprint density at radius 1 is 1.06 bits per heavy atom. The third-order valence-electron chi connectivity index (χ3n) is 2.67. The van der Waals surface area contributed by atoms with Crippen molar-refractivity contribution in [2.24, 2.45) is 0 Å². The lowest BCUT2D eigenvalue weighted by Crippen LogP contribution is -2.12. The lowest BCUT2D eigenvalue weighted by molar-refractivity contribution is 0.337.